The Labute approximate surface area is 125 Å². The Bertz CT molecular complexity index is 484. The lowest BCUT2D eigenvalue weighted by Crippen LogP contribution is -2.40. The summed E-state index contributed by atoms with van der Waals surface area (Å²) in [6.45, 7) is 5.02. The highest BCUT2D eigenvalue weighted by atomic mass is 19.1. The maximum absolute atomic E-state index is 13.4. The number of hydrogen-bond acceptors (Lipinski definition) is 3. The molecule has 0 aliphatic carbocycles. The zero-order chi connectivity index (χ0) is 15.2. The van der Waals surface area contributed by atoms with Crippen molar-refractivity contribution >= 4 is 11.6 Å². The molecule has 1 amide bonds. The van der Waals surface area contributed by atoms with Gasteiger partial charge in [0.2, 0.25) is 5.91 Å². The summed E-state index contributed by atoms with van der Waals surface area (Å²) in [4.78, 5) is 14.2. The molecule has 1 aromatic rings. The molecule has 1 heterocycles. The number of halogens is 1. The molecule has 1 aliphatic rings. The predicted octanol–water partition coefficient (Wildman–Crippen LogP) is 2.00. The zero-order valence-electron chi connectivity index (χ0n) is 12.8. The number of rotatable bonds is 5. The van der Waals surface area contributed by atoms with E-state index in [4.69, 9.17) is 0 Å². The molecule has 0 radical (unpaired) electrons. The fraction of sp³-hybridized carbons (Fsp3) is 0.562. The van der Waals surface area contributed by atoms with E-state index in [0.717, 1.165) is 32.5 Å². The highest BCUT2D eigenvalue weighted by Gasteiger charge is 2.20. The first kappa shape index (κ1) is 15.9. The standard InChI is InChI=1S/C16H24FN3O/c1-12-3-4-14(9-15(12)17)19-16(21)11-20-7-5-13(6-8-20)10-18-2/h3-4,9,13,18H,5-8,10-11H2,1-2H3,(H,19,21). The van der Waals surface area contributed by atoms with Crippen molar-refractivity contribution in [2.45, 2.75) is 19.8 Å². The molecular formula is C16H24FN3O. The second-order valence-corrected chi connectivity index (χ2v) is 5.79. The molecular weight excluding hydrogens is 269 g/mol. The van der Waals surface area contributed by atoms with E-state index in [-0.39, 0.29) is 11.7 Å². The van der Waals surface area contributed by atoms with Crippen molar-refractivity contribution < 1.29 is 9.18 Å². The van der Waals surface area contributed by atoms with Gasteiger partial charge in [0.25, 0.3) is 0 Å². The van der Waals surface area contributed by atoms with E-state index in [1.54, 1.807) is 19.1 Å². The van der Waals surface area contributed by atoms with Crippen molar-refractivity contribution in [1.29, 1.82) is 0 Å². The lowest BCUT2D eigenvalue weighted by molar-refractivity contribution is -0.117. The zero-order valence-corrected chi connectivity index (χ0v) is 12.8. The Morgan fingerprint density at radius 2 is 2.10 bits per heavy atom. The molecule has 1 aliphatic heterocycles. The van der Waals surface area contributed by atoms with E-state index in [2.05, 4.69) is 15.5 Å². The van der Waals surface area contributed by atoms with Crippen molar-refractivity contribution in [3.05, 3.63) is 29.6 Å². The Morgan fingerprint density at radius 3 is 2.71 bits per heavy atom. The number of anilines is 1. The average molecular weight is 293 g/mol. The molecule has 1 aromatic carbocycles. The monoisotopic (exact) mass is 293 g/mol. The van der Waals surface area contributed by atoms with Crippen molar-refractivity contribution in [3.63, 3.8) is 0 Å². The van der Waals surface area contributed by atoms with E-state index in [0.29, 0.717) is 23.7 Å². The molecule has 1 saturated heterocycles. The van der Waals surface area contributed by atoms with Crippen molar-refractivity contribution in [2.75, 3.05) is 38.5 Å². The van der Waals surface area contributed by atoms with E-state index < -0.39 is 0 Å². The molecule has 4 nitrogen and oxygen atoms in total. The first-order valence-electron chi connectivity index (χ1n) is 7.51. The highest BCUT2D eigenvalue weighted by Crippen LogP contribution is 2.17. The van der Waals surface area contributed by atoms with E-state index >= 15 is 0 Å². The van der Waals surface area contributed by atoms with E-state index in [1.807, 2.05) is 7.05 Å². The van der Waals surface area contributed by atoms with Gasteiger partial charge < -0.3 is 10.6 Å². The van der Waals surface area contributed by atoms with E-state index in [9.17, 15) is 9.18 Å². The number of carbonyl (C=O) groups excluding carboxylic acids is 1. The van der Waals surface area contributed by atoms with Gasteiger partial charge >= 0.3 is 0 Å². The number of carbonyl (C=O) groups is 1. The third-order valence-electron chi connectivity index (χ3n) is 4.02. The van der Waals surface area contributed by atoms with Gasteiger partial charge in [-0.2, -0.15) is 0 Å². The third kappa shape index (κ3) is 4.79. The Kier molecular flexibility index (Phi) is 5.70. The van der Waals surface area contributed by atoms with Crippen LogP contribution in [0, 0.1) is 18.7 Å². The van der Waals surface area contributed by atoms with Crippen molar-refractivity contribution in [1.82, 2.24) is 10.2 Å². The van der Waals surface area contributed by atoms with Gasteiger partial charge in [0.05, 0.1) is 6.54 Å². The molecule has 2 N–H and O–H groups in total. The molecule has 0 atom stereocenters. The summed E-state index contributed by atoms with van der Waals surface area (Å²) in [5, 5.41) is 5.96. The molecule has 2 rings (SSSR count). The second kappa shape index (κ2) is 7.52. The molecule has 116 valence electrons. The van der Waals surface area contributed by atoms with Crippen LogP contribution in [0.2, 0.25) is 0 Å². The van der Waals surface area contributed by atoms with Crippen LogP contribution < -0.4 is 10.6 Å². The molecule has 0 unspecified atom stereocenters. The van der Waals surface area contributed by atoms with Crippen LogP contribution in [-0.4, -0.2) is 44.0 Å². The maximum Gasteiger partial charge on any atom is 0.238 e. The fourth-order valence-corrected chi connectivity index (χ4v) is 2.71. The van der Waals surface area contributed by atoms with Crippen molar-refractivity contribution in [3.8, 4) is 0 Å². The summed E-state index contributed by atoms with van der Waals surface area (Å²) >= 11 is 0. The minimum atomic E-state index is -0.291. The largest absolute Gasteiger partial charge is 0.325 e. The maximum atomic E-state index is 13.4. The van der Waals surface area contributed by atoms with Gasteiger partial charge in [0.1, 0.15) is 5.82 Å². The number of nitrogens with one attached hydrogen (secondary N) is 2. The highest BCUT2D eigenvalue weighted by molar-refractivity contribution is 5.92. The molecule has 5 heteroatoms. The van der Waals surface area contributed by atoms with Gasteiger partial charge in [-0.1, -0.05) is 6.07 Å². The van der Waals surface area contributed by atoms with Crippen LogP contribution in [0.25, 0.3) is 0 Å². The summed E-state index contributed by atoms with van der Waals surface area (Å²) in [5.41, 5.74) is 1.10. The molecule has 1 fully saturated rings. The minimum absolute atomic E-state index is 0.0784. The number of hydrogen-bond donors (Lipinski definition) is 2. The molecule has 0 spiro atoms. The normalized spacial score (nSPS) is 16.9. The number of likely N-dealkylation sites (tertiary alicyclic amines) is 1. The Balaban J connectivity index is 1.78. The summed E-state index contributed by atoms with van der Waals surface area (Å²) < 4.78 is 13.4. The van der Waals surface area contributed by atoms with Crippen LogP contribution in [0.4, 0.5) is 10.1 Å². The second-order valence-electron chi connectivity index (χ2n) is 5.79. The van der Waals surface area contributed by atoms with Crippen LogP contribution in [0.15, 0.2) is 18.2 Å². The molecule has 0 saturated carbocycles. The van der Waals surface area contributed by atoms with Crippen LogP contribution >= 0.6 is 0 Å². The lowest BCUT2D eigenvalue weighted by atomic mass is 9.97. The van der Waals surface area contributed by atoms with Crippen LogP contribution in [0.3, 0.4) is 0 Å². The van der Waals surface area contributed by atoms with Crippen LogP contribution in [-0.2, 0) is 4.79 Å². The minimum Gasteiger partial charge on any atom is -0.325 e. The summed E-state index contributed by atoms with van der Waals surface area (Å²) in [6.07, 6.45) is 2.24. The number of aryl methyl sites for hydroxylation is 1. The summed E-state index contributed by atoms with van der Waals surface area (Å²) in [5.74, 6) is 0.339. The van der Waals surface area contributed by atoms with Gasteiger partial charge in [-0.15, -0.1) is 0 Å². The quantitative estimate of drug-likeness (QED) is 0.873. The first-order chi connectivity index (χ1) is 10.1. The van der Waals surface area contributed by atoms with E-state index in [1.165, 1.54) is 6.07 Å². The van der Waals surface area contributed by atoms with Gasteiger partial charge in [-0.3, -0.25) is 9.69 Å². The smallest absolute Gasteiger partial charge is 0.238 e. The summed E-state index contributed by atoms with van der Waals surface area (Å²) in [7, 11) is 1.97. The first-order valence-corrected chi connectivity index (χ1v) is 7.51. The molecule has 0 bridgehead atoms. The SMILES string of the molecule is CNCC1CCN(CC(=O)Nc2ccc(C)c(F)c2)CC1. The Hall–Kier alpha value is -1.46. The topological polar surface area (TPSA) is 44.4 Å². The number of nitrogens with zero attached hydrogens (tertiary/aromatic N) is 1. The average Bonchev–Trinajstić information content (AvgIpc) is 2.45. The molecule has 0 aromatic heterocycles. The Morgan fingerprint density at radius 1 is 1.38 bits per heavy atom. The number of piperidine rings is 1. The van der Waals surface area contributed by atoms with Crippen LogP contribution in [0.1, 0.15) is 18.4 Å². The van der Waals surface area contributed by atoms with Gasteiger partial charge in [-0.05, 0) is 70.1 Å². The number of benzene rings is 1. The molecule has 21 heavy (non-hydrogen) atoms. The van der Waals surface area contributed by atoms with Gasteiger partial charge in [0, 0.05) is 5.69 Å². The fourth-order valence-electron chi connectivity index (χ4n) is 2.71. The lowest BCUT2D eigenvalue weighted by Gasteiger charge is -2.31. The predicted molar refractivity (Wildman–Crippen MR) is 82.9 cm³/mol. The van der Waals surface area contributed by atoms with Crippen molar-refractivity contribution in [2.24, 2.45) is 5.92 Å². The summed E-state index contributed by atoms with van der Waals surface area (Å²) in [6, 6.07) is 4.77. The van der Waals surface area contributed by atoms with Gasteiger partial charge in [0.15, 0.2) is 0 Å². The number of amides is 1. The van der Waals surface area contributed by atoms with Gasteiger partial charge in [-0.25, -0.2) is 4.39 Å². The van der Waals surface area contributed by atoms with Crippen LogP contribution in [0.5, 0.6) is 0 Å². The third-order valence-corrected chi connectivity index (χ3v) is 4.02.